The van der Waals surface area contributed by atoms with Gasteiger partial charge in [0.05, 0.1) is 17.7 Å². The highest BCUT2D eigenvalue weighted by molar-refractivity contribution is 5.88. The Morgan fingerprint density at radius 1 is 1.24 bits per heavy atom. The van der Waals surface area contributed by atoms with Crippen LogP contribution in [0.15, 0.2) is 12.3 Å². The number of rotatable bonds is 4. The van der Waals surface area contributed by atoms with Gasteiger partial charge < -0.3 is 10.1 Å². The van der Waals surface area contributed by atoms with Gasteiger partial charge in [-0.25, -0.2) is 9.97 Å². The smallest absolute Gasteiger partial charge is 0.163 e. The Balaban J connectivity index is 1.69. The summed E-state index contributed by atoms with van der Waals surface area (Å²) in [5.41, 5.74) is 1.84. The summed E-state index contributed by atoms with van der Waals surface area (Å²) in [6, 6.07) is 1.95. The third kappa shape index (κ3) is 3.09. The molecule has 1 aliphatic carbocycles. The van der Waals surface area contributed by atoms with Crippen molar-refractivity contribution in [1.29, 1.82) is 0 Å². The van der Waals surface area contributed by atoms with Crippen LogP contribution in [0.1, 0.15) is 43.1 Å². The second kappa shape index (κ2) is 6.44. The van der Waals surface area contributed by atoms with Crippen LogP contribution in [0.4, 0.5) is 11.6 Å². The number of aryl methyl sites for hydroxylation is 2. The van der Waals surface area contributed by atoms with Gasteiger partial charge >= 0.3 is 0 Å². The van der Waals surface area contributed by atoms with Crippen LogP contribution in [0.25, 0.3) is 11.0 Å². The van der Waals surface area contributed by atoms with Gasteiger partial charge in [0.2, 0.25) is 0 Å². The molecule has 1 aliphatic rings. The quantitative estimate of drug-likeness (QED) is 0.758. The Morgan fingerprint density at radius 2 is 2.04 bits per heavy atom. The summed E-state index contributed by atoms with van der Waals surface area (Å²) in [6.07, 6.45) is 6.35. The number of ether oxygens (including phenoxy) is 1. The van der Waals surface area contributed by atoms with Gasteiger partial charge in [-0.2, -0.15) is 10.2 Å². The third-order valence-corrected chi connectivity index (χ3v) is 4.93. The highest BCUT2D eigenvalue weighted by Gasteiger charge is 2.25. The lowest BCUT2D eigenvalue weighted by molar-refractivity contribution is 0.0651. The average Bonchev–Trinajstić information content (AvgIpc) is 3.21. The van der Waals surface area contributed by atoms with E-state index in [1.54, 1.807) is 18.0 Å². The summed E-state index contributed by atoms with van der Waals surface area (Å²) < 4.78 is 7.27. The molecule has 25 heavy (non-hydrogen) atoms. The molecular weight excluding hydrogens is 318 g/mol. The van der Waals surface area contributed by atoms with Crippen molar-refractivity contribution in [3.8, 4) is 0 Å². The van der Waals surface area contributed by atoms with E-state index >= 15 is 0 Å². The van der Waals surface area contributed by atoms with E-state index in [2.05, 4.69) is 20.6 Å². The molecular formula is C17H23N7O. The molecule has 8 nitrogen and oxygen atoms in total. The zero-order valence-corrected chi connectivity index (χ0v) is 14.8. The summed E-state index contributed by atoms with van der Waals surface area (Å²) in [4.78, 5) is 9.62. The molecule has 1 fully saturated rings. The van der Waals surface area contributed by atoms with Gasteiger partial charge in [0.1, 0.15) is 11.6 Å². The summed E-state index contributed by atoms with van der Waals surface area (Å²) in [5.74, 6) is 2.73. The first-order valence-electron chi connectivity index (χ1n) is 8.65. The number of fused-ring (bicyclic) bond motifs is 1. The Bertz CT molecular complexity index is 876. The summed E-state index contributed by atoms with van der Waals surface area (Å²) in [5, 5.41) is 15.7. The molecule has 8 heteroatoms. The second-order valence-electron chi connectivity index (χ2n) is 6.71. The van der Waals surface area contributed by atoms with Gasteiger partial charge in [-0.05, 0) is 32.6 Å². The molecule has 0 saturated heterocycles. The van der Waals surface area contributed by atoms with E-state index in [-0.39, 0.29) is 0 Å². The minimum Gasteiger partial charge on any atom is -0.381 e. The largest absolute Gasteiger partial charge is 0.381 e. The number of hydrogen-bond acceptors (Lipinski definition) is 6. The Labute approximate surface area is 146 Å². The lowest BCUT2D eigenvalue weighted by atomic mass is 9.87. The number of aromatic amines is 1. The van der Waals surface area contributed by atoms with Crippen LogP contribution in [0.2, 0.25) is 0 Å². The zero-order chi connectivity index (χ0) is 17.4. The van der Waals surface area contributed by atoms with Crippen LogP contribution in [-0.4, -0.2) is 43.2 Å². The highest BCUT2D eigenvalue weighted by atomic mass is 16.5. The van der Waals surface area contributed by atoms with E-state index in [1.165, 1.54) is 0 Å². The average molecular weight is 341 g/mol. The molecule has 0 amide bonds. The standard InChI is InChI=1S/C17H23N7O/c1-10-8-14(23-22-10)19-16-13-9-18-24(2)17(13)21-15(20-16)11-4-6-12(25-3)7-5-11/h8-9,11-12H,4-7H2,1-3H3,(H2,19,20,21,22,23). The van der Waals surface area contributed by atoms with E-state index in [0.717, 1.165) is 59.9 Å². The summed E-state index contributed by atoms with van der Waals surface area (Å²) in [7, 11) is 3.69. The minimum atomic E-state index is 0.354. The van der Waals surface area contributed by atoms with Gasteiger partial charge in [0.15, 0.2) is 11.5 Å². The monoisotopic (exact) mass is 341 g/mol. The van der Waals surface area contributed by atoms with Crippen molar-refractivity contribution >= 4 is 22.7 Å². The second-order valence-corrected chi connectivity index (χ2v) is 6.71. The molecule has 0 aromatic carbocycles. The first kappa shape index (κ1) is 16.0. The van der Waals surface area contributed by atoms with Gasteiger partial charge in [0, 0.05) is 31.8 Å². The van der Waals surface area contributed by atoms with E-state index in [4.69, 9.17) is 14.7 Å². The molecule has 0 radical (unpaired) electrons. The highest BCUT2D eigenvalue weighted by Crippen LogP contribution is 2.34. The van der Waals surface area contributed by atoms with Crippen LogP contribution in [0.5, 0.6) is 0 Å². The maximum atomic E-state index is 5.48. The lowest BCUT2D eigenvalue weighted by Gasteiger charge is -2.26. The van der Waals surface area contributed by atoms with Crippen molar-refractivity contribution in [2.75, 3.05) is 12.4 Å². The van der Waals surface area contributed by atoms with Crippen molar-refractivity contribution < 1.29 is 4.74 Å². The predicted octanol–water partition coefficient (Wildman–Crippen LogP) is 2.81. The molecule has 1 saturated carbocycles. The fraction of sp³-hybridized carbons (Fsp3) is 0.529. The SMILES string of the molecule is COC1CCC(c2nc(Nc3cc(C)[nH]n3)c3cnn(C)c3n2)CC1. The van der Waals surface area contributed by atoms with Gasteiger partial charge in [-0.3, -0.25) is 9.78 Å². The Kier molecular flexibility index (Phi) is 4.12. The van der Waals surface area contributed by atoms with Gasteiger partial charge in [-0.1, -0.05) is 0 Å². The molecule has 132 valence electrons. The van der Waals surface area contributed by atoms with E-state index in [0.29, 0.717) is 12.0 Å². The maximum Gasteiger partial charge on any atom is 0.163 e. The number of nitrogens with one attached hydrogen (secondary N) is 2. The minimum absolute atomic E-state index is 0.354. The predicted molar refractivity (Wildman–Crippen MR) is 94.9 cm³/mol. The zero-order valence-electron chi connectivity index (χ0n) is 14.8. The molecule has 4 rings (SSSR count). The Hall–Kier alpha value is -2.48. The van der Waals surface area contributed by atoms with Crippen LogP contribution >= 0.6 is 0 Å². The number of H-pyrrole nitrogens is 1. The summed E-state index contributed by atoms with van der Waals surface area (Å²) in [6.45, 7) is 1.97. The fourth-order valence-corrected chi connectivity index (χ4v) is 3.48. The van der Waals surface area contributed by atoms with Gasteiger partial charge in [0.25, 0.3) is 0 Å². The molecule has 0 unspecified atom stereocenters. The molecule has 3 aromatic heterocycles. The third-order valence-electron chi connectivity index (χ3n) is 4.93. The van der Waals surface area contributed by atoms with Crippen molar-refractivity contribution in [3.63, 3.8) is 0 Å². The van der Waals surface area contributed by atoms with Crippen LogP contribution in [0.3, 0.4) is 0 Å². The van der Waals surface area contributed by atoms with Crippen molar-refractivity contribution in [3.05, 3.63) is 23.8 Å². The number of aromatic nitrogens is 6. The van der Waals surface area contributed by atoms with Crippen LogP contribution < -0.4 is 5.32 Å². The van der Waals surface area contributed by atoms with E-state index in [9.17, 15) is 0 Å². The molecule has 3 heterocycles. The normalized spacial score (nSPS) is 20.9. The molecule has 0 spiro atoms. The number of anilines is 2. The Morgan fingerprint density at radius 3 is 2.72 bits per heavy atom. The number of hydrogen-bond donors (Lipinski definition) is 2. The molecule has 0 bridgehead atoms. The number of methoxy groups -OCH3 is 1. The molecule has 2 N–H and O–H groups in total. The topological polar surface area (TPSA) is 93.5 Å². The van der Waals surface area contributed by atoms with Crippen molar-refractivity contribution in [1.82, 2.24) is 29.9 Å². The van der Waals surface area contributed by atoms with Crippen LogP contribution in [-0.2, 0) is 11.8 Å². The van der Waals surface area contributed by atoms with Crippen molar-refractivity contribution in [2.24, 2.45) is 7.05 Å². The van der Waals surface area contributed by atoms with E-state index in [1.807, 2.05) is 20.0 Å². The van der Waals surface area contributed by atoms with Crippen molar-refractivity contribution in [2.45, 2.75) is 44.6 Å². The van der Waals surface area contributed by atoms with Gasteiger partial charge in [-0.15, -0.1) is 0 Å². The molecule has 0 atom stereocenters. The van der Waals surface area contributed by atoms with Crippen LogP contribution in [0, 0.1) is 6.92 Å². The lowest BCUT2D eigenvalue weighted by Crippen LogP contribution is -2.21. The maximum absolute atomic E-state index is 5.48. The fourth-order valence-electron chi connectivity index (χ4n) is 3.48. The first-order valence-corrected chi connectivity index (χ1v) is 8.65. The molecule has 3 aromatic rings. The summed E-state index contributed by atoms with van der Waals surface area (Å²) >= 11 is 0. The first-order chi connectivity index (χ1) is 12.1. The molecule has 0 aliphatic heterocycles. The number of nitrogens with zero attached hydrogens (tertiary/aromatic N) is 5. The van der Waals surface area contributed by atoms with E-state index < -0.39 is 0 Å².